The van der Waals surface area contributed by atoms with Crippen LogP contribution in [0.1, 0.15) is 5.69 Å². The molecule has 1 amide bonds. The van der Waals surface area contributed by atoms with Gasteiger partial charge in [-0.2, -0.15) is 4.98 Å². The van der Waals surface area contributed by atoms with E-state index in [0.29, 0.717) is 17.5 Å². The van der Waals surface area contributed by atoms with Crippen LogP contribution in [0.5, 0.6) is 5.88 Å². The minimum absolute atomic E-state index is 0.119. The van der Waals surface area contributed by atoms with Crippen LogP contribution < -0.4 is 19.9 Å². The zero-order chi connectivity index (χ0) is 22.5. The van der Waals surface area contributed by atoms with Gasteiger partial charge in [-0.1, -0.05) is 29.8 Å². The molecule has 32 heavy (non-hydrogen) atoms. The number of nitrogens with zero attached hydrogens (tertiary/aromatic N) is 4. The number of amides is 1. The number of carbonyl (C=O) groups is 1. The van der Waals surface area contributed by atoms with Gasteiger partial charge in [0.15, 0.2) is 6.61 Å². The Hall–Kier alpha value is -3.39. The van der Waals surface area contributed by atoms with Crippen molar-refractivity contribution < 1.29 is 13.9 Å². The summed E-state index contributed by atoms with van der Waals surface area (Å²) in [6.45, 7) is 4.88. The average Bonchev–Trinajstić information content (AvgIpc) is 2.80. The van der Waals surface area contributed by atoms with Crippen molar-refractivity contribution in [1.29, 1.82) is 0 Å². The van der Waals surface area contributed by atoms with Crippen molar-refractivity contribution in [3.8, 4) is 5.88 Å². The van der Waals surface area contributed by atoms with E-state index in [1.807, 2.05) is 25.1 Å². The first kappa shape index (κ1) is 21.8. The van der Waals surface area contributed by atoms with Gasteiger partial charge in [0.25, 0.3) is 5.91 Å². The highest BCUT2D eigenvalue weighted by atomic mass is 35.5. The molecule has 3 aromatic rings. The lowest BCUT2D eigenvalue weighted by atomic mass is 10.2. The maximum atomic E-state index is 13.1. The molecule has 2 heterocycles. The van der Waals surface area contributed by atoms with Crippen LogP contribution in [-0.4, -0.2) is 48.7 Å². The molecule has 0 spiro atoms. The summed E-state index contributed by atoms with van der Waals surface area (Å²) in [5.41, 5.74) is 2.27. The summed E-state index contributed by atoms with van der Waals surface area (Å²) in [5.74, 6) is -0.00122. The summed E-state index contributed by atoms with van der Waals surface area (Å²) in [4.78, 5) is 25.7. The molecule has 0 unspecified atom stereocenters. The van der Waals surface area contributed by atoms with E-state index < -0.39 is 11.7 Å². The van der Waals surface area contributed by atoms with E-state index in [2.05, 4.69) is 37.2 Å². The van der Waals surface area contributed by atoms with E-state index in [4.69, 9.17) is 16.3 Å². The van der Waals surface area contributed by atoms with Crippen LogP contribution in [0.4, 0.5) is 21.7 Å². The van der Waals surface area contributed by atoms with E-state index in [1.54, 1.807) is 6.07 Å². The Labute approximate surface area is 190 Å². The number of ether oxygens (including phenoxy) is 1. The van der Waals surface area contributed by atoms with Crippen molar-refractivity contribution in [2.45, 2.75) is 6.92 Å². The average molecular weight is 456 g/mol. The fourth-order valence-electron chi connectivity index (χ4n) is 3.46. The lowest BCUT2D eigenvalue weighted by molar-refractivity contribution is -0.118. The zero-order valence-electron chi connectivity index (χ0n) is 17.6. The van der Waals surface area contributed by atoms with Crippen molar-refractivity contribution in [2.75, 3.05) is 47.9 Å². The molecule has 1 aliphatic heterocycles. The highest BCUT2D eigenvalue weighted by Gasteiger charge is 2.20. The van der Waals surface area contributed by atoms with E-state index in [1.165, 1.54) is 17.8 Å². The number of anilines is 3. The SMILES string of the molecule is Cc1cc(OCC(=O)Nc2ccc(F)cc2Cl)nc(N2CCN(c3ccccc3)CC2)n1. The van der Waals surface area contributed by atoms with E-state index in [0.717, 1.165) is 37.9 Å². The van der Waals surface area contributed by atoms with E-state index >= 15 is 0 Å². The van der Waals surface area contributed by atoms with Gasteiger partial charge in [0.05, 0.1) is 10.7 Å². The fraction of sp³-hybridized carbons (Fsp3) is 0.261. The van der Waals surface area contributed by atoms with Crippen LogP contribution in [-0.2, 0) is 4.79 Å². The second kappa shape index (κ2) is 9.82. The summed E-state index contributed by atoms with van der Waals surface area (Å²) < 4.78 is 18.7. The number of aryl methyl sites for hydroxylation is 1. The van der Waals surface area contributed by atoms with Gasteiger partial charge < -0.3 is 19.9 Å². The summed E-state index contributed by atoms with van der Waals surface area (Å²) >= 11 is 5.94. The van der Waals surface area contributed by atoms with Gasteiger partial charge in [0.2, 0.25) is 11.8 Å². The van der Waals surface area contributed by atoms with Gasteiger partial charge in [-0.25, -0.2) is 9.37 Å². The predicted molar refractivity (Wildman–Crippen MR) is 123 cm³/mol. The first-order valence-electron chi connectivity index (χ1n) is 10.3. The summed E-state index contributed by atoms with van der Waals surface area (Å²) in [6.07, 6.45) is 0. The highest BCUT2D eigenvalue weighted by Crippen LogP contribution is 2.23. The number of benzene rings is 2. The Morgan fingerprint density at radius 1 is 1.06 bits per heavy atom. The molecule has 1 aromatic heterocycles. The normalized spacial score (nSPS) is 13.7. The number of carbonyl (C=O) groups excluding carboxylic acids is 1. The second-order valence-corrected chi connectivity index (χ2v) is 7.83. The third-order valence-corrected chi connectivity index (χ3v) is 5.37. The molecule has 9 heteroatoms. The molecule has 0 aliphatic carbocycles. The second-order valence-electron chi connectivity index (χ2n) is 7.42. The minimum atomic E-state index is -0.474. The maximum Gasteiger partial charge on any atom is 0.262 e. The quantitative estimate of drug-likeness (QED) is 0.607. The number of hydrogen-bond donors (Lipinski definition) is 1. The van der Waals surface area contributed by atoms with Crippen molar-refractivity contribution >= 4 is 34.8 Å². The van der Waals surface area contributed by atoms with Crippen LogP contribution >= 0.6 is 11.6 Å². The van der Waals surface area contributed by atoms with Gasteiger partial charge in [-0.3, -0.25) is 4.79 Å². The molecule has 7 nitrogen and oxygen atoms in total. The number of piperazine rings is 1. The van der Waals surface area contributed by atoms with Gasteiger partial charge in [0, 0.05) is 43.6 Å². The van der Waals surface area contributed by atoms with Crippen molar-refractivity contribution in [2.24, 2.45) is 0 Å². The molecule has 1 saturated heterocycles. The molecule has 0 bridgehead atoms. The number of halogens is 2. The van der Waals surface area contributed by atoms with Crippen LogP contribution in [0.15, 0.2) is 54.6 Å². The third kappa shape index (κ3) is 5.45. The van der Waals surface area contributed by atoms with Crippen LogP contribution in [0.2, 0.25) is 5.02 Å². The van der Waals surface area contributed by atoms with Gasteiger partial charge >= 0.3 is 0 Å². The van der Waals surface area contributed by atoms with Crippen LogP contribution in [0, 0.1) is 12.7 Å². The molecular formula is C23H23ClFN5O2. The number of nitrogens with one attached hydrogen (secondary N) is 1. The number of aromatic nitrogens is 2. The smallest absolute Gasteiger partial charge is 0.262 e. The molecule has 4 rings (SSSR count). The monoisotopic (exact) mass is 455 g/mol. The predicted octanol–water partition coefficient (Wildman–Crippen LogP) is 3.92. The molecule has 1 aliphatic rings. The lowest BCUT2D eigenvalue weighted by Gasteiger charge is -2.36. The summed E-state index contributed by atoms with van der Waals surface area (Å²) in [7, 11) is 0. The Morgan fingerprint density at radius 2 is 1.78 bits per heavy atom. The fourth-order valence-corrected chi connectivity index (χ4v) is 3.67. The molecular weight excluding hydrogens is 433 g/mol. The van der Waals surface area contributed by atoms with Gasteiger partial charge in [-0.05, 0) is 37.3 Å². The molecule has 0 atom stereocenters. The number of rotatable bonds is 6. The molecule has 0 radical (unpaired) electrons. The third-order valence-electron chi connectivity index (χ3n) is 5.06. The first-order valence-corrected chi connectivity index (χ1v) is 10.6. The summed E-state index contributed by atoms with van der Waals surface area (Å²) in [6, 6.07) is 15.7. The van der Waals surface area contributed by atoms with Gasteiger partial charge in [0.1, 0.15) is 5.82 Å². The molecule has 166 valence electrons. The molecule has 1 fully saturated rings. The van der Waals surface area contributed by atoms with E-state index in [9.17, 15) is 9.18 Å². The minimum Gasteiger partial charge on any atom is -0.467 e. The number of hydrogen-bond acceptors (Lipinski definition) is 6. The lowest BCUT2D eigenvalue weighted by Crippen LogP contribution is -2.47. The van der Waals surface area contributed by atoms with Gasteiger partial charge in [-0.15, -0.1) is 0 Å². The standard InChI is InChI=1S/C23H23ClFN5O2/c1-16-13-22(32-15-21(31)27-20-8-7-17(25)14-19(20)24)28-23(26-16)30-11-9-29(10-12-30)18-5-3-2-4-6-18/h2-8,13-14H,9-12,15H2,1H3,(H,27,31). The van der Waals surface area contributed by atoms with Crippen molar-refractivity contribution in [3.05, 3.63) is 71.1 Å². The topological polar surface area (TPSA) is 70.6 Å². The Morgan fingerprint density at radius 3 is 2.50 bits per heavy atom. The van der Waals surface area contributed by atoms with E-state index in [-0.39, 0.29) is 11.6 Å². The van der Waals surface area contributed by atoms with Crippen LogP contribution in [0.25, 0.3) is 0 Å². The first-order chi connectivity index (χ1) is 15.5. The largest absolute Gasteiger partial charge is 0.467 e. The van der Waals surface area contributed by atoms with Crippen molar-refractivity contribution in [3.63, 3.8) is 0 Å². The Balaban J connectivity index is 1.35. The molecule has 0 saturated carbocycles. The molecule has 1 N–H and O–H groups in total. The Bertz CT molecular complexity index is 1090. The highest BCUT2D eigenvalue weighted by molar-refractivity contribution is 6.33. The Kier molecular flexibility index (Phi) is 6.70. The molecule has 2 aromatic carbocycles. The van der Waals surface area contributed by atoms with Crippen LogP contribution in [0.3, 0.4) is 0 Å². The summed E-state index contributed by atoms with van der Waals surface area (Å²) in [5, 5.41) is 2.72. The number of para-hydroxylation sites is 1. The zero-order valence-corrected chi connectivity index (χ0v) is 18.3. The van der Waals surface area contributed by atoms with Crippen molar-refractivity contribution in [1.82, 2.24) is 9.97 Å². The maximum absolute atomic E-state index is 13.1.